The molecule has 0 heterocycles. The molecule has 3 rings (SSSR count). The zero-order valence-electron chi connectivity index (χ0n) is 19.7. The van der Waals surface area contributed by atoms with Crippen molar-refractivity contribution in [1.82, 2.24) is 5.32 Å². The maximum atomic E-state index is 13.5. The molecule has 0 fully saturated rings. The van der Waals surface area contributed by atoms with Crippen LogP contribution in [0.1, 0.15) is 56.3 Å². The van der Waals surface area contributed by atoms with E-state index < -0.39 is 10.0 Å². The van der Waals surface area contributed by atoms with Crippen LogP contribution in [0.25, 0.3) is 0 Å². The Morgan fingerprint density at radius 3 is 1.97 bits per heavy atom. The lowest BCUT2D eigenvalue weighted by molar-refractivity contribution is -0.120. The summed E-state index contributed by atoms with van der Waals surface area (Å²) < 4.78 is 28.1. The van der Waals surface area contributed by atoms with Crippen molar-refractivity contribution in [3.8, 4) is 0 Å². The summed E-state index contributed by atoms with van der Waals surface area (Å²) in [6.45, 7) is 7.84. The minimum absolute atomic E-state index is 0.147. The monoisotopic (exact) mass is 464 g/mol. The van der Waals surface area contributed by atoms with E-state index in [9.17, 15) is 13.2 Å². The minimum atomic E-state index is -3.92. The summed E-state index contributed by atoms with van der Waals surface area (Å²) in [4.78, 5) is 13.1. The minimum Gasteiger partial charge on any atom is -0.348 e. The second-order valence-corrected chi connectivity index (χ2v) is 10.3. The number of hydrogen-bond donors (Lipinski definition) is 1. The van der Waals surface area contributed by atoms with Gasteiger partial charge in [0.1, 0.15) is 6.54 Å². The molecule has 5 nitrogen and oxygen atoms in total. The molecule has 0 aliphatic carbocycles. The van der Waals surface area contributed by atoms with Crippen molar-refractivity contribution in [2.24, 2.45) is 0 Å². The molecule has 174 valence electrons. The van der Waals surface area contributed by atoms with E-state index in [1.54, 1.807) is 42.5 Å². The van der Waals surface area contributed by atoms with Crippen molar-refractivity contribution in [1.29, 1.82) is 0 Å². The normalized spacial score (nSPS) is 12.4. The van der Waals surface area contributed by atoms with Crippen LogP contribution in [0.15, 0.2) is 83.8 Å². The van der Waals surface area contributed by atoms with Crippen molar-refractivity contribution in [2.75, 3.05) is 10.8 Å². The Morgan fingerprint density at radius 1 is 0.848 bits per heavy atom. The van der Waals surface area contributed by atoms with Crippen LogP contribution >= 0.6 is 0 Å². The molecule has 0 saturated carbocycles. The summed E-state index contributed by atoms with van der Waals surface area (Å²) in [6, 6.07) is 23.4. The highest BCUT2D eigenvalue weighted by Gasteiger charge is 2.27. The number of aryl methyl sites for hydroxylation is 1. The molecule has 1 N–H and O–H groups in total. The van der Waals surface area contributed by atoms with E-state index in [0.29, 0.717) is 11.6 Å². The predicted molar refractivity (Wildman–Crippen MR) is 134 cm³/mol. The SMILES string of the molecule is CCc1ccc(C(C)NC(=O)CN(c2ccc(C(C)C)cc2)S(=O)(=O)c2ccccc2)cc1. The van der Waals surface area contributed by atoms with Crippen LogP contribution in [-0.2, 0) is 21.2 Å². The fourth-order valence-corrected chi connectivity index (χ4v) is 5.05. The van der Waals surface area contributed by atoms with E-state index in [4.69, 9.17) is 0 Å². The summed E-state index contributed by atoms with van der Waals surface area (Å²) in [5, 5.41) is 2.94. The number of carbonyl (C=O) groups is 1. The van der Waals surface area contributed by atoms with E-state index in [1.165, 1.54) is 9.87 Å². The third-order valence-corrected chi connectivity index (χ3v) is 7.52. The number of benzene rings is 3. The van der Waals surface area contributed by atoms with Gasteiger partial charge in [-0.15, -0.1) is 0 Å². The molecule has 6 heteroatoms. The van der Waals surface area contributed by atoms with E-state index in [1.807, 2.05) is 43.3 Å². The highest BCUT2D eigenvalue weighted by atomic mass is 32.2. The van der Waals surface area contributed by atoms with Crippen LogP contribution < -0.4 is 9.62 Å². The summed E-state index contributed by atoms with van der Waals surface area (Å²) in [7, 11) is -3.92. The first-order valence-corrected chi connectivity index (χ1v) is 12.7. The molecule has 0 aliphatic heterocycles. The number of amides is 1. The number of rotatable bonds is 9. The van der Waals surface area contributed by atoms with Gasteiger partial charge in [0.25, 0.3) is 10.0 Å². The smallest absolute Gasteiger partial charge is 0.264 e. The highest BCUT2D eigenvalue weighted by molar-refractivity contribution is 7.92. The van der Waals surface area contributed by atoms with Gasteiger partial charge >= 0.3 is 0 Å². The summed E-state index contributed by atoms with van der Waals surface area (Å²) >= 11 is 0. The molecule has 3 aromatic carbocycles. The average Bonchev–Trinajstić information content (AvgIpc) is 2.83. The number of carbonyl (C=O) groups excluding carboxylic acids is 1. The number of nitrogens with zero attached hydrogens (tertiary/aromatic N) is 1. The molecule has 1 unspecified atom stereocenters. The largest absolute Gasteiger partial charge is 0.348 e. The Balaban J connectivity index is 1.86. The summed E-state index contributed by atoms with van der Waals surface area (Å²) in [6.07, 6.45) is 0.947. The standard InChI is InChI=1S/C27H32N2O3S/c1-5-22-11-13-24(14-12-22)21(4)28-27(30)19-29(25-17-15-23(16-18-25)20(2)3)33(31,32)26-9-7-6-8-10-26/h6-18,20-21H,5,19H2,1-4H3,(H,28,30). The van der Waals surface area contributed by atoms with E-state index in [-0.39, 0.29) is 23.4 Å². The topological polar surface area (TPSA) is 66.5 Å². The van der Waals surface area contributed by atoms with Crippen LogP contribution in [-0.4, -0.2) is 20.9 Å². The maximum Gasteiger partial charge on any atom is 0.264 e. The fraction of sp³-hybridized carbons (Fsp3) is 0.296. The lowest BCUT2D eigenvalue weighted by Crippen LogP contribution is -2.41. The highest BCUT2D eigenvalue weighted by Crippen LogP contribution is 2.26. The summed E-state index contributed by atoms with van der Waals surface area (Å²) in [5.74, 6) is -0.0454. The molecule has 0 aromatic heterocycles. The van der Waals surface area contributed by atoms with Crippen molar-refractivity contribution in [3.05, 3.63) is 95.6 Å². The van der Waals surface area contributed by atoms with Crippen LogP contribution in [0.3, 0.4) is 0 Å². The first-order chi connectivity index (χ1) is 15.7. The Morgan fingerprint density at radius 2 is 1.42 bits per heavy atom. The Bertz CT molecular complexity index is 1160. The molecule has 0 spiro atoms. The van der Waals surface area contributed by atoms with Crippen molar-refractivity contribution >= 4 is 21.6 Å². The van der Waals surface area contributed by atoms with Crippen molar-refractivity contribution in [2.45, 2.75) is 51.0 Å². The van der Waals surface area contributed by atoms with Gasteiger partial charge in [-0.2, -0.15) is 0 Å². The molecule has 1 amide bonds. The number of hydrogen-bond acceptors (Lipinski definition) is 3. The first kappa shape index (κ1) is 24.5. The molecule has 1 atom stereocenters. The van der Waals surface area contributed by atoms with Gasteiger partial charge in [-0.1, -0.05) is 75.4 Å². The van der Waals surface area contributed by atoms with E-state index in [0.717, 1.165) is 17.5 Å². The first-order valence-electron chi connectivity index (χ1n) is 11.3. The Kier molecular flexibility index (Phi) is 7.92. The van der Waals surface area contributed by atoms with Crippen molar-refractivity contribution < 1.29 is 13.2 Å². The van der Waals surface area contributed by atoms with Gasteiger partial charge in [-0.05, 0) is 60.2 Å². The van der Waals surface area contributed by atoms with Gasteiger partial charge < -0.3 is 5.32 Å². The molecule has 0 saturated heterocycles. The molecule has 33 heavy (non-hydrogen) atoms. The molecule has 0 radical (unpaired) electrons. The quantitative estimate of drug-likeness (QED) is 0.458. The van der Waals surface area contributed by atoms with Gasteiger partial charge in [-0.25, -0.2) is 8.42 Å². The molecular formula is C27H32N2O3S. The Hall–Kier alpha value is -3.12. The van der Waals surface area contributed by atoms with Crippen LogP contribution in [0.2, 0.25) is 0 Å². The zero-order valence-corrected chi connectivity index (χ0v) is 20.5. The number of nitrogens with one attached hydrogen (secondary N) is 1. The van der Waals surface area contributed by atoms with Crippen LogP contribution in [0.4, 0.5) is 5.69 Å². The van der Waals surface area contributed by atoms with E-state index in [2.05, 4.69) is 26.1 Å². The molecule has 3 aromatic rings. The molecule has 0 bridgehead atoms. The van der Waals surface area contributed by atoms with Crippen molar-refractivity contribution in [3.63, 3.8) is 0 Å². The molecular weight excluding hydrogens is 432 g/mol. The lowest BCUT2D eigenvalue weighted by Gasteiger charge is -2.25. The Labute approximate surface area is 197 Å². The second-order valence-electron chi connectivity index (χ2n) is 8.46. The lowest BCUT2D eigenvalue weighted by atomic mass is 10.0. The zero-order chi connectivity index (χ0) is 24.0. The van der Waals surface area contributed by atoms with Gasteiger partial charge in [-0.3, -0.25) is 9.10 Å². The fourth-order valence-electron chi connectivity index (χ4n) is 3.60. The van der Waals surface area contributed by atoms with Gasteiger partial charge in [0, 0.05) is 0 Å². The molecule has 0 aliphatic rings. The second kappa shape index (κ2) is 10.7. The number of anilines is 1. The van der Waals surface area contributed by atoms with Crippen LogP contribution in [0, 0.1) is 0 Å². The van der Waals surface area contributed by atoms with Crippen LogP contribution in [0.5, 0.6) is 0 Å². The van der Waals surface area contributed by atoms with Gasteiger partial charge in [0.05, 0.1) is 16.6 Å². The van der Waals surface area contributed by atoms with E-state index >= 15 is 0 Å². The third-order valence-electron chi connectivity index (χ3n) is 5.73. The average molecular weight is 465 g/mol. The number of sulfonamides is 1. The predicted octanol–water partition coefficient (Wildman–Crippen LogP) is 5.45. The van der Waals surface area contributed by atoms with Gasteiger partial charge in [0.2, 0.25) is 5.91 Å². The maximum absolute atomic E-state index is 13.5. The third kappa shape index (κ3) is 6.02. The summed E-state index contributed by atoms with van der Waals surface area (Å²) in [5.41, 5.74) is 3.75. The van der Waals surface area contributed by atoms with Gasteiger partial charge in [0.15, 0.2) is 0 Å².